The number of hydrogen-bond donors (Lipinski definition) is 1. The molecule has 0 fully saturated rings. The number of hydrogen-bond acceptors (Lipinski definition) is 6. The van der Waals surface area contributed by atoms with Crippen LogP contribution in [-0.4, -0.2) is 28.3 Å². The minimum Gasteiger partial charge on any atom is -0.461 e. The second-order valence-corrected chi connectivity index (χ2v) is 7.42. The second-order valence-electron chi connectivity index (χ2n) is 4.92. The quantitative estimate of drug-likeness (QED) is 0.721. The van der Waals surface area contributed by atoms with Gasteiger partial charge < -0.3 is 9.73 Å². The molecule has 1 N–H and O–H groups in total. The molecule has 0 spiro atoms. The van der Waals surface area contributed by atoms with Crippen molar-refractivity contribution in [2.45, 2.75) is 13.5 Å². The lowest BCUT2D eigenvalue weighted by Crippen LogP contribution is -2.19. The zero-order chi connectivity index (χ0) is 17.2. The molecule has 126 valence electrons. The van der Waals surface area contributed by atoms with Crippen LogP contribution in [0.15, 0.2) is 47.1 Å². The van der Waals surface area contributed by atoms with E-state index in [9.17, 15) is 8.42 Å². The Bertz CT molecular complexity index is 936. The molecule has 7 nitrogen and oxygen atoms in total. The van der Waals surface area contributed by atoms with Gasteiger partial charge in [0, 0.05) is 11.6 Å². The maximum Gasteiger partial charge on any atom is 0.256 e. The molecule has 0 aliphatic rings. The van der Waals surface area contributed by atoms with E-state index in [2.05, 4.69) is 15.4 Å². The average Bonchev–Trinajstić information content (AvgIpc) is 3.23. The lowest BCUT2D eigenvalue weighted by molar-refractivity contribution is 0.574. The van der Waals surface area contributed by atoms with E-state index in [1.54, 1.807) is 25.1 Å². The van der Waals surface area contributed by atoms with Gasteiger partial charge in [0.15, 0.2) is 5.76 Å². The minimum atomic E-state index is -3.61. The van der Waals surface area contributed by atoms with Crippen LogP contribution in [0.5, 0.6) is 0 Å². The van der Waals surface area contributed by atoms with Crippen molar-refractivity contribution in [3.63, 3.8) is 0 Å². The van der Waals surface area contributed by atoms with Crippen molar-refractivity contribution in [3.05, 3.63) is 53.2 Å². The van der Waals surface area contributed by atoms with Gasteiger partial charge in [0.1, 0.15) is 0 Å². The molecule has 9 heteroatoms. The van der Waals surface area contributed by atoms with E-state index in [0.717, 1.165) is 9.65 Å². The van der Waals surface area contributed by atoms with E-state index >= 15 is 0 Å². The standard InChI is InChI=1S/C15H15ClN4O3S/c1-2-24(21,22)20-15(17-10-11-6-3-4-7-12(11)16)18-14(19-20)13-8-5-9-23-13/h3-9H,2,10H2,1H3,(H,17,18,19). The van der Waals surface area contributed by atoms with Gasteiger partial charge in [-0.1, -0.05) is 29.8 Å². The molecule has 24 heavy (non-hydrogen) atoms. The van der Waals surface area contributed by atoms with Crippen molar-refractivity contribution >= 4 is 27.6 Å². The Morgan fingerprint density at radius 2 is 2.04 bits per heavy atom. The monoisotopic (exact) mass is 366 g/mol. The Morgan fingerprint density at radius 1 is 1.25 bits per heavy atom. The highest BCUT2D eigenvalue weighted by Gasteiger charge is 2.21. The number of rotatable bonds is 6. The third kappa shape index (κ3) is 3.29. The van der Waals surface area contributed by atoms with Gasteiger partial charge in [-0.05, 0) is 30.7 Å². The number of nitrogens with zero attached hydrogens (tertiary/aromatic N) is 3. The normalized spacial score (nSPS) is 11.6. The molecule has 0 saturated heterocycles. The van der Waals surface area contributed by atoms with Crippen LogP contribution in [0.1, 0.15) is 12.5 Å². The molecule has 0 saturated carbocycles. The van der Waals surface area contributed by atoms with Gasteiger partial charge in [-0.15, -0.1) is 9.19 Å². The molecule has 0 amide bonds. The molecule has 0 bridgehead atoms. The summed E-state index contributed by atoms with van der Waals surface area (Å²) in [5.41, 5.74) is 0.821. The van der Waals surface area contributed by atoms with E-state index < -0.39 is 10.0 Å². The number of benzene rings is 1. The predicted molar refractivity (Wildman–Crippen MR) is 91.4 cm³/mol. The second kappa shape index (κ2) is 6.66. The van der Waals surface area contributed by atoms with Gasteiger partial charge in [-0.3, -0.25) is 0 Å². The van der Waals surface area contributed by atoms with Crippen LogP contribution in [0.2, 0.25) is 5.02 Å². The summed E-state index contributed by atoms with van der Waals surface area (Å²) in [4.78, 5) is 4.24. The summed E-state index contributed by atoms with van der Waals surface area (Å²) in [5, 5.41) is 7.62. The fourth-order valence-corrected chi connectivity index (χ4v) is 3.07. The first-order valence-corrected chi connectivity index (χ1v) is 9.21. The molecular formula is C15H15ClN4O3S. The van der Waals surface area contributed by atoms with Crippen LogP contribution >= 0.6 is 11.6 Å². The van der Waals surface area contributed by atoms with Crippen LogP contribution in [0, 0.1) is 0 Å². The van der Waals surface area contributed by atoms with Crippen molar-refractivity contribution in [1.82, 2.24) is 14.2 Å². The molecule has 0 atom stereocenters. The Hall–Kier alpha value is -2.32. The Labute approximate surface area is 144 Å². The van der Waals surface area contributed by atoms with Gasteiger partial charge in [-0.2, -0.15) is 4.98 Å². The Morgan fingerprint density at radius 3 is 2.71 bits per heavy atom. The van der Waals surface area contributed by atoms with Gasteiger partial charge in [0.05, 0.1) is 12.0 Å². The zero-order valence-corrected chi connectivity index (χ0v) is 14.4. The molecule has 3 aromatic rings. The van der Waals surface area contributed by atoms with E-state index in [1.165, 1.54) is 6.26 Å². The van der Waals surface area contributed by atoms with Gasteiger partial charge in [-0.25, -0.2) is 8.42 Å². The van der Waals surface area contributed by atoms with Crippen LogP contribution in [-0.2, 0) is 16.6 Å². The zero-order valence-electron chi connectivity index (χ0n) is 12.8. The minimum absolute atomic E-state index is 0.102. The lowest BCUT2D eigenvalue weighted by Gasteiger charge is -2.08. The smallest absolute Gasteiger partial charge is 0.256 e. The van der Waals surface area contributed by atoms with E-state index in [0.29, 0.717) is 17.3 Å². The predicted octanol–water partition coefficient (Wildman–Crippen LogP) is 3.00. The molecule has 0 unspecified atom stereocenters. The molecule has 1 aromatic carbocycles. The van der Waals surface area contributed by atoms with Crippen molar-refractivity contribution in [1.29, 1.82) is 0 Å². The summed E-state index contributed by atoms with van der Waals surface area (Å²) in [6.07, 6.45) is 1.47. The molecule has 0 aliphatic carbocycles. The summed E-state index contributed by atoms with van der Waals surface area (Å²) in [6.45, 7) is 1.86. The highest BCUT2D eigenvalue weighted by atomic mass is 35.5. The molecular weight excluding hydrogens is 352 g/mol. The highest BCUT2D eigenvalue weighted by molar-refractivity contribution is 7.89. The van der Waals surface area contributed by atoms with Gasteiger partial charge >= 0.3 is 0 Å². The number of anilines is 1. The average molecular weight is 367 g/mol. The highest BCUT2D eigenvalue weighted by Crippen LogP contribution is 2.21. The summed E-state index contributed by atoms with van der Waals surface area (Å²) in [5.74, 6) is 0.594. The van der Waals surface area contributed by atoms with Crippen molar-refractivity contribution in [2.75, 3.05) is 11.1 Å². The van der Waals surface area contributed by atoms with E-state index in [4.69, 9.17) is 16.0 Å². The number of halogens is 1. The Balaban J connectivity index is 1.95. The van der Waals surface area contributed by atoms with Crippen molar-refractivity contribution < 1.29 is 12.8 Å². The summed E-state index contributed by atoms with van der Waals surface area (Å²) in [7, 11) is -3.61. The maximum atomic E-state index is 12.2. The first kappa shape index (κ1) is 16.5. The lowest BCUT2D eigenvalue weighted by atomic mass is 10.2. The summed E-state index contributed by atoms with van der Waals surface area (Å²) in [6, 6.07) is 10.6. The molecule has 2 heterocycles. The van der Waals surface area contributed by atoms with Crippen LogP contribution in [0.25, 0.3) is 11.6 Å². The topological polar surface area (TPSA) is 90.0 Å². The van der Waals surface area contributed by atoms with Crippen molar-refractivity contribution in [3.8, 4) is 11.6 Å². The number of aromatic nitrogens is 3. The van der Waals surface area contributed by atoms with Crippen LogP contribution in [0.3, 0.4) is 0 Å². The summed E-state index contributed by atoms with van der Waals surface area (Å²) >= 11 is 6.12. The van der Waals surface area contributed by atoms with E-state index in [1.807, 2.05) is 18.2 Å². The Kier molecular flexibility index (Phi) is 4.59. The van der Waals surface area contributed by atoms with Crippen LogP contribution in [0.4, 0.5) is 5.95 Å². The van der Waals surface area contributed by atoms with Crippen LogP contribution < -0.4 is 5.32 Å². The fraction of sp³-hybridized carbons (Fsp3) is 0.200. The SMILES string of the molecule is CCS(=O)(=O)n1nc(-c2ccco2)nc1NCc1ccccc1Cl. The maximum absolute atomic E-state index is 12.2. The molecule has 2 aromatic heterocycles. The number of furan rings is 1. The fourth-order valence-electron chi connectivity index (χ4n) is 2.05. The number of nitrogens with one attached hydrogen (secondary N) is 1. The first-order chi connectivity index (χ1) is 11.5. The molecule has 0 radical (unpaired) electrons. The molecule has 3 rings (SSSR count). The third-order valence-electron chi connectivity index (χ3n) is 3.34. The van der Waals surface area contributed by atoms with Crippen molar-refractivity contribution in [2.24, 2.45) is 0 Å². The van der Waals surface area contributed by atoms with E-state index in [-0.39, 0.29) is 17.5 Å². The van der Waals surface area contributed by atoms with Gasteiger partial charge in [0.2, 0.25) is 11.8 Å². The largest absolute Gasteiger partial charge is 0.461 e. The van der Waals surface area contributed by atoms with Gasteiger partial charge in [0.25, 0.3) is 10.0 Å². The third-order valence-corrected chi connectivity index (χ3v) is 5.22. The first-order valence-electron chi connectivity index (χ1n) is 7.22. The summed E-state index contributed by atoms with van der Waals surface area (Å²) < 4.78 is 30.6. The molecule has 0 aliphatic heterocycles.